The largest absolute Gasteiger partial charge is 0.493 e. The van der Waals surface area contributed by atoms with Gasteiger partial charge in [0.05, 0.1) is 23.9 Å². The Kier molecular flexibility index (Phi) is 6.13. The lowest BCUT2D eigenvalue weighted by Gasteiger charge is -2.13. The topological polar surface area (TPSA) is 65.4 Å². The highest BCUT2D eigenvalue weighted by Crippen LogP contribution is 2.37. The molecule has 0 spiro atoms. The smallest absolute Gasteiger partial charge is 0.257 e. The molecule has 6 nitrogen and oxygen atoms in total. The number of benzene rings is 2. The van der Waals surface area contributed by atoms with Gasteiger partial charge in [0.25, 0.3) is 5.91 Å². The molecule has 0 radical (unpaired) electrons. The molecule has 1 aromatic heterocycles. The molecule has 0 aliphatic carbocycles. The summed E-state index contributed by atoms with van der Waals surface area (Å²) >= 11 is 3.45. The number of rotatable bonds is 7. The molecular formula is C20H20BrN3O3. The van der Waals surface area contributed by atoms with Gasteiger partial charge in [-0.2, -0.15) is 5.10 Å². The molecule has 3 aromatic rings. The summed E-state index contributed by atoms with van der Waals surface area (Å²) < 4.78 is 13.4. The fraction of sp³-hybridized carbons (Fsp3) is 0.200. The van der Waals surface area contributed by atoms with Gasteiger partial charge in [-0.25, -0.2) is 4.68 Å². The van der Waals surface area contributed by atoms with Crippen LogP contribution in [0.3, 0.4) is 0 Å². The molecule has 3 rings (SSSR count). The van der Waals surface area contributed by atoms with Crippen molar-refractivity contribution in [3.05, 3.63) is 64.8 Å². The molecule has 0 aliphatic rings. The van der Waals surface area contributed by atoms with Gasteiger partial charge in [-0.3, -0.25) is 4.79 Å². The summed E-state index contributed by atoms with van der Waals surface area (Å²) in [5.41, 5.74) is 1.36. The standard InChI is InChI=1S/C20H20BrN3O3/c1-3-11-27-19-16(21)12-14(13-17(19)26-2)20(25)22-18-9-10-24(23-18)15-7-5-4-6-8-15/h4-10,12-13H,3,11H2,1-2H3,(H,22,23,25). The average molecular weight is 430 g/mol. The zero-order chi connectivity index (χ0) is 19.2. The molecule has 1 N–H and O–H groups in total. The van der Waals surface area contributed by atoms with E-state index in [1.165, 1.54) is 0 Å². The molecular weight excluding hydrogens is 410 g/mol. The Labute approximate surface area is 166 Å². The molecule has 1 heterocycles. The van der Waals surface area contributed by atoms with Crippen molar-refractivity contribution in [2.24, 2.45) is 0 Å². The average Bonchev–Trinajstić information content (AvgIpc) is 3.15. The van der Waals surface area contributed by atoms with Gasteiger partial charge >= 0.3 is 0 Å². The van der Waals surface area contributed by atoms with Gasteiger partial charge in [-0.05, 0) is 46.6 Å². The van der Waals surface area contributed by atoms with Crippen LogP contribution in [0.5, 0.6) is 11.5 Å². The van der Waals surface area contributed by atoms with Crippen LogP contribution in [0.2, 0.25) is 0 Å². The monoisotopic (exact) mass is 429 g/mol. The van der Waals surface area contributed by atoms with Crippen molar-refractivity contribution in [3.8, 4) is 17.2 Å². The van der Waals surface area contributed by atoms with E-state index in [-0.39, 0.29) is 5.91 Å². The first-order valence-corrected chi connectivity index (χ1v) is 9.34. The predicted octanol–water partition coefficient (Wildman–Crippen LogP) is 4.68. The first kappa shape index (κ1) is 19.0. The van der Waals surface area contributed by atoms with Gasteiger partial charge in [0, 0.05) is 17.8 Å². The Morgan fingerprint density at radius 1 is 1.22 bits per heavy atom. The first-order chi connectivity index (χ1) is 13.1. The fourth-order valence-electron chi connectivity index (χ4n) is 2.50. The molecule has 140 valence electrons. The number of hydrogen-bond acceptors (Lipinski definition) is 4. The summed E-state index contributed by atoms with van der Waals surface area (Å²) in [5, 5.41) is 7.19. The fourth-order valence-corrected chi connectivity index (χ4v) is 3.06. The quantitative estimate of drug-likeness (QED) is 0.591. The highest BCUT2D eigenvalue weighted by Gasteiger charge is 2.16. The normalized spacial score (nSPS) is 10.5. The maximum atomic E-state index is 12.6. The van der Waals surface area contributed by atoms with Crippen LogP contribution in [0.15, 0.2) is 59.2 Å². The second kappa shape index (κ2) is 8.73. The molecule has 0 atom stereocenters. The number of nitrogens with zero attached hydrogens (tertiary/aromatic N) is 2. The molecule has 0 bridgehead atoms. The number of anilines is 1. The number of amides is 1. The molecule has 0 unspecified atom stereocenters. The highest BCUT2D eigenvalue weighted by atomic mass is 79.9. The van der Waals surface area contributed by atoms with Crippen LogP contribution < -0.4 is 14.8 Å². The lowest BCUT2D eigenvalue weighted by atomic mass is 10.2. The van der Waals surface area contributed by atoms with Crippen molar-refractivity contribution in [2.75, 3.05) is 19.0 Å². The van der Waals surface area contributed by atoms with E-state index < -0.39 is 0 Å². The third-order valence-corrected chi connectivity index (χ3v) is 4.38. The minimum Gasteiger partial charge on any atom is -0.493 e. The Hall–Kier alpha value is -2.80. The Bertz CT molecular complexity index is 925. The molecule has 0 saturated heterocycles. The van der Waals surface area contributed by atoms with Crippen molar-refractivity contribution >= 4 is 27.7 Å². The number of para-hydroxylation sites is 1. The number of aromatic nitrogens is 2. The zero-order valence-electron chi connectivity index (χ0n) is 15.1. The summed E-state index contributed by atoms with van der Waals surface area (Å²) in [7, 11) is 1.55. The Morgan fingerprint density at radius 2 is 2.00 bits per heavy atom. The van der Waals surface area contributed by atoms with Crippen LogP contribution in [-0.4, -0.2) is 29.4 Å². The van der Waals surface area contributed by atoms with Gasteiger partial charge < -0.3 is 14.8 Å². The van der Waals surface area contributed by atoms with E-state index in [0.717, 1.165) is 12.1 Å². The van der Waals surface area contributed by atoms with Gasteiger partial charge in [0.2, 0.25) is 0 Å². The van der Waals surface area contributed by atoms with Crippen LogP contribution in [0.1, 0.15) is 23.7 Å². The van der Waals surface area contributed by atoms with Crippen LogP contribution >= 0.6 is 15.9 Å². The third kappa shape index (κ3) is 4.49. The first-order valence-electron chi connectivity index (χ1n) is 8.55. The summed E-state index contributed by atoms with van der Waals surface area (Å²) in [6, 6.07) is 14.8. The second-order valence-corrected chi connectivity index (χ2v) is 6.63. The summed E-state index contributed by atoms with van der Waals surface area (Å²) in [5.74, 6) is 1.27. The Balaban J connectivity index is 1.78. The maximum absolute atomic E-state index is 12.6. The number of halogens is 1. The van der Waals surface area contributed by atoms with Crippen molar-refractivity contribution in [1.29, 1.82) is 0 Å². The van der Waals surface area contributed by atoms with Gasteiger partial charge in [0.15, 0.2) is 17.3 Å². The van der Waals surface area contributed by atoms with Crippen molar-refractivity contribution in [3.63, 3.8) is 0 Å². The van der Waals surface area contributed by atoms with E-state index in [1.54, 1.807) is 36.2 Å². The van der Waals surface area contributed by atoms with Gasteiger partial charge in [-0.1, -0.05) is 25.1 Å². The predicted molar refractivity (Wildman–Crippen MR) is 108 cm³/mol. The van der Waals surface area contributed by atoms with Crippen molar-refractivity contribution in [1.82, 2.24) is 9.78 Å². The van der Waals surface area contributed by atoms with E-state index in [0.29, 0.717) is 34.0 Å². The van der Waals surface area contributed by atoms with Gasteiger partial charge in [-0.15, -0.1) is 0 Å². The minimum atomic E-state index is -0.283. The molecule has 7 heteroatoms. The highest BCUT2D eigenvalue weighted by molar-refractivity contribution is 9.10. The van der Waals surface area contributed by atoms with Crippen LogP contribution in [0.25, 0.3) is 5.69 Å². The summed E-state index contributed by atoms with van der Waals surface area (Å²) in [6.07, 6.45) is 2.67. The number of carbonyl (C=O) groups excluding carboxylic acids is 1. The molecule has 0 saturated carbocycles. The minimum absolute atomic E-state index is 0.283. The number of ether oxygens (including phenoxy) is 2. The molecule has 27 heavy (non-hydrogen) atoms. The van der Waals surface area contributed by atoms with E-state index in [2.05, 4.69) is 26.3 Å². The van der Waals surface area contributed by atoms with Crippen LogP contribution in [0.4, 0.5) is 5.82 Å². The SMILES string of the molecule is CCCOc1c(Br)cc(C(=O)Nc2ccn(-c3ccccc3)n2)cc1OC. The number of methoxy groups -OCH3 is 1. The van der Waals surface area contributed by atoms with E-state index in [4.69, 9.17) is 9.47 Å². The summed E-state index contributed by atoms with van der Waals surface area (Å²) in [6.45, 7) is 2.59. The molecule has 0 fully saturated rings. The van der Waals surface area contributed by atoms with E-state index in [9.17, 15) is 4.79 Å². The molecule has 0 aliphatic heterocycles. The van der Waals surface area contributed by atoms with Crippen molar-refractivity contribution in [2.45, 2.75) is 13.3 Å². The second-order valence-electron chi connectivity index (χ2n) is 5.77. The van der Waals surface area contributed by atoms with E-state index >= 15 is 0 Å². The Morgan fingerprint density at radius 3 is 2.70 bits per heavy atom. The lowest BCUT2D eigenvalue weighted by molar-refractivity contribution is 0.102. The number of carbonyl (C=O) groups is 1. The summed E-state index contributed by atoms with van der Waals surface area (Å²) in [4.78, 5) is 12.6. The zero-order valence-corrected chi connectivity index (χ0v) is 16.7. The van der Waals surface area contributed by atoms with E-state index in [1.807, 2.05) is 37.3 Å². The van der Waals surface area contributed by atoms with Crippen molar-refractivity contribution < 1.29 is 14.3 Å². The number of hydrogen-bond donors (Lipinski definition) is 1. The third-order valence-electron chi connectivity index (χ3n) is 3.79. The van der Waals surface area contributed by atoms with Crippen LogP contribution in [0, 0.1) is 0 Å². The lowest BCUT2D eigenvalue weighted by Crippen LogP contribution is -2.13. The number of nitrogens with one attached hydrogen (secondary N) is 1. The van der Waals surface area contributed by atoms with Crippen LogP contribution in [-0.2, 0) is 0 Å². The molecule has 2 aromatic carbocycles. The van der Waals surface area contributed by atoms with Gasteiger partial charge in [0.1, 0.15) is 0 Å². The maximum Gasteiger partial charge on any atom is 0.257 e. The molecule has 1 amide bonds.